The Bertz CT molecular complexity index is 190. The van der Waals surface area contributed by atoms with Gasteiger partial charge in [0.2, 0.25) is 0 Å². The molecule has 0 amide bonds. The van der Waals surface area contributed by atoms with Crippen molar-refractivity contribution in [3.8, 4) is 0 Å². The molecule has 1 aliphatic carbocycles. The van der Waals surface area contributed by atoms with Crippen LogP contribution in [0.15, 0.2) is 12.7 Å². The van der Waals surface area contributed by atoms with E-state index in [9.17, 15) is 0 Å². The normalized spacial score (nSPS) is 32.3. The minimum Gasteiger partial charge on any atom is -0.313 e. The first-order valence-corrected chi connectivity index (χ1v) is 7.01. The second-order valence-corrected chi connectivity index (χ2v) is 5.76. The maximum absolute atomic E-state index is 3.90. The highest BCUT2D eigenvalue weighted by Gasteiger charge is 2.28. The number of rotatable bonds is 6. The lowest BCUT2D eigenvalue weighted by molar-refractivity contribution is 0.176. The summed E-state index contributed by atoms with van der Waals surface area (Å²) in [5.41, 5.74) is 0. The van der Waals surface area contributed by atoms with Crippen LogP contribution in [0, 0.1) is 17.8 Å². The molecule has 94 valence electrons. The monoisotopic (exact) mass is 223 g/mol. The molecule has 0 bridgehead atoms. The lowest BCUT2D eigenvalue weighted by atomic mass is 9.73. The molecule has 16 heavy (non-hydrogen) atoms. The van der Waals surface area contributed by atoms with Gasteiger partial charge in [0.15, 0.2) is 0 Å². The third kappa shape index (κ3) is 4.29. The lowest BCUT2D eigenvalue weighted by Crippen LogP contribution is -2.39. The fourth-order valence-corrected chi connectivity index (χ4v) is 3.29. The fraction of sp³-hybridized carbons (Fsp3) is 0.867. The van der Waals surface area contributed by atoms with Crippen molar-refractivity contribution in [1.29, 1.82) is 0 Å². The zero-order valence-electron chi connectivity index (χ0n) is 11.3. The van der Waals surface area contributed by atoms with Crippen molar-refractivity contribution >= 4 is 0 Å². The second-order valence-electron chi connectivity index (χ2n) is 5.76. The highest BCUT2D eigenvalue weighted by molar-refractivity contribution is 4.88. The largest absolute Gasteiger partial charge is 0.313 e. The van der Waals surface area contributed by atoms with E-state index in [1.54, 1.807) is 0 Å². The van der Waals surface area contributed by atoms with Gasteiger partial charge in [-0.05, 0) is 56.4 Å². The predicted molar refractivity (Wildman–Crippen MR) is 72.6 cm³/mol. The summed E-state index contributed by atoms with van der Waals surface area (Å²) in [5, 5.41) is 3.71. The molecule has 0 aromatic rings. The van der Waals surface area contributed by atoms with Gasteiger partial charge >= 0.3 is 0 Å². The van der Waals surface area contributed by atoms with Crippen molar-refractivity contribution in [2.75, 3.05) is 6.54 Å². The summed E-state index contributed by atoms with van der Waals surface area (Å²) in [7, 11) is 0. The smallest absolute Gasteiger partial charge is 0.0130 e. The van der Waals surface area contributed by atoms with Crippen molar-refractivity contribution < 1.29 is 0 Å². The van der Waals surface area contributed by atoms with Crippen LogP contribution in [0.3, 0.4) is 0 Å². The summed E-state index contributed by atoms with van der Waals surface area (Å²) in [6.45, 7) is 12.1. The van der Waals surface area contributed by atoms with Gasteiger partial charge in [-0.3, -0.25) is 0 Å². The van der Waals surface area contributed by atoms with E-state index in [-0.39, 0.29) is 0 Å². The van der Waals surface area contributed by atoms with Gasteiger partial charge in [-0.2, -0.15) is 0 Å². The average molecular weight is 223 g/mol. The first kappa shape index (κ1) is 13.8. The molecule has 1 saturated carbocycles. The van der Waals surface area contributed by atoms with Crippen LogP contribution >= 0.6 is 0 Å². The molecule has 3 unspecified atom stereocenters. The number of hydrogen-bond donors (Lipinski definition) is 1. The molecule has 1 nitrogen and oxygen atoms in total. The van der Waals surface area contributed by atoms with Gasteiger partial charge in [0.05, 0.1) is 0 Å². The zero-order valence-corrected chi connectivity index (χ0v) is 11.3. The molecule has 0 saturated heterocycles. The van der Waals surface area contributed by atoms with Gasteiger partial charge in [0.25, 0.3) is 0 Å². The molecule has 1 rings (SSSR count). The van der Waals surface area contributed by atoms with E-state index in [0.717, 1.165) is 30.7 Å². The first-order valence-electron chi connectivity index (χ1n) is 7.01. The highest BCUT2D eigenvalue weighted by Crippen LogP contribution is 2.35. The van der Waals surface area contributed by atoms with E-state index >= 15 is 0 Å². The van der Waals surface area contributed by atoms with Crippen molar-refractivity contribution in [2.45, 2.75) is 58.9 Å². The van der Waals surface area contributed by atoms with Crippen LogP contribution < -0.4 is 5.32 Å². The summed E-state index contributed by atoms with van der Waals surface area (Å²) >= 11 is 0. The SMILES string of the molecule is C=CCC(NCCC)C1CC(C)CC(C)C1. The molecule has 0 aromatic carbocycles. The Labute approximate surface area is 102 Å². The molecule has 0 heterocycles. The van der Waals surface area contributed by atoms with Gasteiger partial charge in [-0.25, -0.2) is 0 Å². The molecular formula is C15H29N. The Balaban J connectivity index is 2.50. The van der Waals surface area contributed by atoms with Gasteiger partial charge in [0.1, 0.15) is 0 Å². The van der Waals surface area contributed by atoms with Crippen LogP contribution in [0.1, 0.15) is 52.9 Å². The minimum absolute atomic E-state index is 0.669. The van der Waals surface area contributed by atoms with Crippen molar-refractivity contribution in [3.05, 3.63) is 12.7 Å². The topological polar surface area (TPSA) is 12.0 Å². The summed E-state index contributed by atoms with van der Waals surface area (Å²) in [5.74, 6) is 2.68. The van der Waals surface area contributed by atoms with Crippen LogP contribution in [0.25, 0.3) is 0 Å². The van der Waals surface area contributed by atoms with E-state index < -0.39 is 0 Å². The number of nitrogens with one attached hydrogen (secondary N) is 1. The minimum atomic E-state index is 0.669. The Morgan fingerprint density at radius 3 is 2.38 bits per heavy atom. The van der Waals surface area contributed by atoms with Gasteiger partial charge in [0, 0.05) is 6.04 Å². The Hall–Kier alpha value is -0.300. The van der Waals surface area contributed by atoms with E-state index in [1.165, 1.54) is 25.7 Å². The predicted octanol–water partition coefficient (Wildman–Crippen LogP) is 4.00. The van der Waals surface area contributed by atoms with Crippen molar-refractivity contribution in [2.24, 2.45) is 17.8 Å². The third-order valence-corrected chi connectivity index (χ3v) is 3.86. The van der Waals surface area contributed by atoms with Crippen LogP contribution in [0.2, 0.25) is 0 Å². The van der Waals surface area contributed by atoms with E-state index in [0.29, 0.717) is 6.04 Å². The molecule has 1 heteroatoms. The van der Waals surface area contributed by atoms with E-state index in [4.69, 9.17) is 0 Å². The van der Waals surface area contributed by atoms with Crippen LogP contribution in [-0.4, -0.2) is 12.6 Å². The third-order valence-electron chi connectivity index (χ3n) is 3.86. The molecule has 1 N–H and O–H groups in total. The standard InChI is InChI=1S/C15H29N/c1-5-7-15(16-8-6-2)14-10-12(3)9-13(4)11-14/h5,12-16H,1,6-11H2,2-4H3. The summed E-state index contributed by atoms with van der Waals surface area (Å²) in [6.07, 6.45) is 8.66. The van der Waals surface area contributed by atoms with E-state index in [2.05, 4.69) is 38.7 Å². The van der Waals surface area contributed by atoms with Gasteiger partial charge in [-0.15, -0.1) is 6.58 Å². The lowest BCUT2D eigenvalue weighted by Gasteiger charge is -2.36. The maximum atomic E-state index is 3.90. The summed E-state index contributed by atoms with van der Waals surface area (Å²) < 4.78 is 0. The molecular weight excluding hydrogens is 194 g/mol. The Kier molecular flexibility index (Phi) is 6.12. The number of hydrogen-bond acceptors (Lipinski definition) is 1. The molecule has 0 aromatic heterocycles. The summed E-state index contributed by atoms with van der Waals surface area (Å²) in [4.78, 5) is 0. The molecule has 1 fully saturated rings. The molecule has 0 radical (unpaired) electrons. The zero-order chi connectivity index (χ0) is 12.0. The van der Waals surface area contributed by atoms with Crippen LogP contribution in [0.5, 0.6) is 0 Å². The summed E-state index contributed by atoms with van der Waals surface area (Å²) in [6, 6.07) is 0.669. The molecule has 0 aliphatic heterocycles. The first-order chi connectivity index (χ1) is 7.67. The molecule has 0 spiro atoms. The molecule has 3 atom stereocenters. The molecule has 1 aliphatic rings. The second kappa shape index (κ2) is 7.11. The van der Waals surface area contributed by atoms with Gasteiger partial charge < -0.3 is 5.32 Å². The maximum Gasteiger partial charge on any atom is 0.0130 e. The van der Waals surface area contributed by atoms with Crippen molar-refractivity contribution in [1.82, 2.24) is 5.32 Å². The Morgan fingerprint density at radius 2 is 1.88 bits per heavy atom. The van der Waals surface area contributed by atoms with Gasteiger partial charge in [-0.1, -0.05) is 26.8 Å². The highest BCUT2D eigenvalue weighted by atomic mass is 14.9. The van der Waals surface area contributed by atoms with Crippen molar-refractivity contribution in [3.63, 3.8) is 0 Å². The van der Waals surface area contributed by atoms with Crippen LogP contribution in [-0.2, 0) is 0 Å². The fourth-order valence-electron chi connectivity index (χ4n) is 3.29. The quantitative estimate of drug-likeness (QED) is 0.671. The van der Waals surface area contributed by atoms with E-state index in [1.807, 2.05) is 0 Å². The Morgan fingerprint density at radius 1 is 1.25 bits per heavy atom. The average Bonchev–Trinajstić information content (AvgIpc) is 2.22. The van der Waals surface area contributed by atoms with Crippen LogP contribution in [0.4, 0.5) is 0 Å².